The molecule has 0 fully saturated rings. The van der Waals surface area contributed by atoms with Crippen molar-refractivity contribution in [1.82, 2.24) is 4.98 Å². The van der Waals surface area contributed by atoms with Crippen LogP contribution in [0.15, 0.2) is 72.8 Å². The zero-order valence-electron chi connectivity index (χ0n) is 14.4. The van der Waals surface area contributed by atoms with Gasteiger partial charge in [0.2, 0.25) is 5.91 Å². The van der Waals surface area contributed by atoms with Crippen LogP contribution >= 0.6 is 11.3 Å². The van der Waals surface area contributed by atoms with E-state index >= 15 is 0 Å². The molecule has 0 radical (unpaired) electrons. The first kappa shape index (κ1) is 16.5. The van der Waals surface area contributed by atoms with Gasteiger partial charge in [-0.15, -0.1) is 11.3 Å². The van der Waals surface area contributed by atoms with Gasteiger partial charge in [0.15, 0.2) is 0 Å². The summed E-state index contributed by atoms with van der Waals surface area (Å²) in [7, 11) is 0. The van der Waals surface area contributed by atoms with Crippen LogP contribution in [0, 0.1) is 6.92 Å². The lowest BCUT2D eigenvalue weighted by Crippen LogP contribution is -2.15. The van der Waals surface area contributed by atoms with Crippen molar-refractivity contribution in [2.45, 2.75) is 13.3 Å². The molecule has 1 aromatic heterocycles. The second-order valence-corrected chi connectivity index (χ2v) is 7.21. The molecule has 1 N–H and O–H groups in total. The quantitative estimate of drug-likeness (QED) is 0.527. The molecular weight excluding hydrogens is 340 g/mol. The summed E-state index contributed by atoms with van der Waals surface area (Å²) in [5, 5.41) is 4.02. The summed E-state index contributed by atoms with van der Waals surface area (Å²) < 4.78 is 1.17. The van der Waals surface area contributed by atoms with Crippen LogP contribution in [-0.2, 0) is 11.2 Å². The number of para-hydroxylation sites is 1. The molecule has 0 spiro atoms. The van der Waals surface area contributed by atoms with E-state index in [4.69, 9.17) is 4.98 Å². The molecule has 1 heterocycles. The van der Waals surface area contributed by atoms with Crippen LogP contribution in [-0.4, -0.2) is 10.9 Å². The molecule has 128 valence electrons. The van der Waals surface area contributed by atoms with Gasteiger partial charge in [0.25, 0.3) is 0 Å². The van der Waals surface area contributed by atoms with Crippen LogP contribution < -0.4 is 5.32 Å². The molecule has 0 aliphatic heterocycles. The predicted molar refractivity (Wildman–Crippen MR) is 109 cm³/mol. The van der Waals surface area contributed by atoms with Crippen LogP contribution in [0.4, 0.5) is 5.69 Å². The molecule has 0 aliphatic rings. The molecule has 26 heavy (non-hydrogen) atoms. The Morgan fingerprint density at radius 3 is 2.54 bits per heavy atom. The highest BCUT2D eigenvalue weighted by Crippen LogP contribution is 2.34. The average Bonchev–Trinajstić information content (AvgIpc) is 3.08. The Labute approximate surface area is 156 Å². The number of nitrogens with zero attached hydrogens (tertiary/aromatic N) is 1. The Morgan fingerprint density at radius 2 is 1.73 bits per heavy atom. The maximum Gasteiger partial charge on any atom is 0.228 e. The highest BCUT2D eigenvalue weighted by Gasteiger charge is 2.12. The van der Waals surface area contributed by atoms with Gasteiger partial charge in [-0.25, -0.2) is 4.98 Å². The second kappa shape index (κ2) is 7.10. The van der Waals surface area contributed by atoms with Crippen molar-refractivity contribution in [1.29, 1.82) is 0 Å². The minimum Gasteiger partial charge on any atom is -0.326 e. The van der Waals surface area contributed by atoms with Crippen LogP contribution in [0.5, 0.6) is 0 Å². The molecule has 0 bridgehead atoms. The van der Waals surface area contributed by atoms with Gasteiger partial charge in [-0.2, -0.15) is 0 Å². The topological polar surface area (TPSA) is 42.0 Å². The van der Waals surface area contributed by atoms with Crippen molar-refractivity contribution in [3.63, 3.8) is 0 Å². The summed E-state index contributed by atoms with van der Waals surface area (Å²) in [6.07, 6.45) is 0.367. The third-order valence-electron chi connectivity index (χ3n) is 4.34. The molecular formula is C22H18N2OS. The van der Waals surface area contributed by atoms with Gasteiger partial charge in [-0.05, 0) is 36.2 Å². The number of hydrogen-bond donors (Lipinski definition) is 1. The van der Waals surface area contributed by atoms with E-state index < -0.39 is 0 Å². The highest BCUT2D eigenvalue weighted by molar-refractivity contribution is 7.21. The van der Waals surface area contributed by atoms with Crippen LogP contribution in [0.2, 0.25) is 0 Å². The van der Waals surface area contributed by atoms with E-state index in [9.17, 15) is 4.79 Å². The molecule has 0 saturated carbocycles. The summed E-state index contributed by atoms with van der Waals surface area (Å²) in [4.78, 5) is 17.1. The molecule has 4 rings (SSSR count). The molecule has 3 aromatic carbocycles. The summed E-state index contributed by atoms with van der Waals surface area (Å²) in [5.41, 5.74) is 4.94. The van der Waals surface area contributed by atoms with Crippen LogP contribution in [0.3, 0.4) is 0 Å². The minimum absolute atomic E-state index is 0.0132. The third-order valence-corrected chi connectivity index (χ3v) is 5.41. The number of aromatic nitrogens is 1. The Kier molecular flexibility index (Phi) is 4.50. The first-order valence-corrected chi connectivity index (χ1v) is 9.32. The number of carbonyl (C=O) groups is 1. The number of amides is 1. The lowest BCUT2D eigenvalue weighted by atomic mass is 10.1. The Balaban J connectivity index is 1.60. The van der Waals surface area contributed by atoms with Gasteiger partial charge in [0.05, 0.1) is 16.6 Å². The van der Waals surface area contributed by atoms with Gasteiger partial charge in [-0.3, -0.25) is 4.79 Å². The SMILES string of the molecule is Cc1c(NC(=O)Cc2ccccc2)cccc1-c1nc2ccccc2s1. The van der Waals surface area contributed by atoms with E-state index in [1.54, 1.807) is 11.3 Å². The minimum atomic E-state index is -0.0132. The van der Waals surface area contributed by atoms with E-state index in [1.165, 1.54) is 4.70 Å². The van der Waals surface area contributed by atoms with Crippen molar-refractivity contribution >= 4 is 33.1 Å². The highest BCUT2D eigenvalue weighted by atomic mass is 32.1. The lowest BCUT2D eigenvalue weighted by Gasteiger charge is -2.11. The summed E-state index contributed by atoms with van der Waals surface area (Å²) in [6, 6.07) is 23.9. The second-order valence-electron chi connectivity index (χ2n) is 6.18. The third kappa shape index (κ3) is 3.37. The normalized spacial score (nSPS) is 10.8. The molecule has 3 nitrogen and oxygen atoms in total. The Morgan fingerprint density at radius 1 is 0.962 bits per heavy atom. The number of benzene rings is 3. The van der Waals surface area contributed by atoms with E-state index in [2.05, 4.69) is 17.4 Å². The number of carbonyl (C=O) groups excluding carboxylic acids is 1. The molecule has 0 saturated heterocycles. The van der Waals surface area contributed by atoms with E-state index in [1.807, 2.05) is 67.6 Å². The molecule has 0 aliphatic carbocycles. The summed E-state index contributed by atoms with van der Waals surface area (Å²) >= 11 is 1.67. The first-order valence-electron chi connectivity index (χ1n) is 8.50. The van der Waals surface area contributed by atoms with Crippen molar-refractivity contribution in [2.24, 2.45) is 0 Å². The smallest absolute Gasteiger partial charge is 0.228 e. The van der Waals surface area contributed by atoms with Crippen molar-refractivity contribution in [3.8, 4) is 10.6 Å². The number of hydrogen-bond acceptors (Lipinski definition) is 3. The van der Waals surface area contributed by atoms with Gasteiger partial charge in [0.1, 0.15) is 5.01 Å². The molecule has 1 amide bonds. The average molecular weight is 358 g/mol. The molecule has 0 unspecified atom stereocenters. The standard InChI is InChI=1S/C22H18N2OS/c1-15-17(22-24-19-11-5-6-13-20(19)26-22)10-7-12-18(15)23-21(25)14-16-8-3-2-4-9-16/h2-13H,14H2,1H3,(H,23,25). The Bertz CT molecular complexity index is 1040. The van der Waals surface area contributed by atoms with Crippen LogP contribution in [0.1, 0.15) is 11.1 Å². The van der Waals surface area contributed by atoms with Gasteiger partial charge in [0, 0.05) is 11.3 Å². The molecule has 4 heteroatoms. The maximum absolute atomic E-state index is 12.4. The summed E-state index contributed by atoms with van der Waals surface area (Å²) in [5.74, 6) is -0.0132. The number of anilines is 1. The predicted octanol–water partition coefficient (Wildman–Crippen LogP) is 5.45. The zero-order chi connectivity index (χ0) is 17.9. The largest absolute Gasteiger partial charge is 0.326 e. The van der Waals surface area contributed by atoms with E-state index in [-0.39, 0.29) is 5.91 Å². The number of fused-ring (bicyclic) bond motifs is 1. The molecule has 4 aromatic rings. The first-order chi connectivity index (χ1) is 12.7. The van der Waals surface area contributed by atoms with Crippen molar-refractivity contribution in [2.75, 3.05) is 5.32 Å². The van der Waals surface area contributed by atoms with Crippen molar-refractivity contribution in [3.05, 3.63) is 83.9 Å². The fraction of sp³-hybridized carbons (Fsp3) is 0.0909. The van der Waals surface area contributed by atoms with E-state index in [0.29, 0.717) is 6.42 Å². The van der Waals surface area contributed by atoms with Crippen LogP contribution in [0.25, 0.3) is 20.8 Å². The van der Waals surface area contributed by atoms with Gasteiger partial charge < -0.3 is 5.32 Å². The van der Waals surface area contributed by atoms with Crippen molar-refractivity contribution < 1.29 is 4.79 Å². The monoisotopic (exact) mass is 358 g/mol. The number of nitrogens with one attached hydrogen (secondary N) is 1. The zero-order valence-corrected chi connectivity index (χ0v) is 15.2. The fourth-order valence-electron chi connectivity index (χ4n) is 2.97. The fourth-order valence-corrected chi connectivity index (χ4v) is 4.01. The lowest BCUT2D eigenvalue weighted by molar-refractivity contribution is -0.115. The van der Waals surface area contributed by atoms with Gasteiger partial charge in [-0.1, -0.05) is 54.6 Å². The van der Waals surface area contributed by atoms with Gasteiger partial charge >= 0.3 is 0 Å². The number of rotatable bonds is 4. The number of thiazole rings is 1. The maximum atomic E-state index is 12.4. The van der Waals surface area contributed by atoms with E-state index in [0.717, 1.165) is 32.9 Å². The Hall–Kier alpha value is -2.98. The molecule has 0 atom stereocenters. The summed E-state index contributed by atoms with van der Waals surface area (Å²) in [6.45, 7) is 2.03.